The van der Waals surface area contributed by atoms with E-state index >= 15 is 0 Å². The summed E-state index contributed by atoms with van der Waals surface area (Å²) >= 11 is 1.52. The summed E-state index contributed by atoms with van der Waals surface area (Å²) in [5.41, 5.74) is 0. The van der Waals surface area contributed by atoms with Gasteiger partial charge in [0.25, 0.3) is 5.89 Å². The molecule has 2 unspecified atom stereocenters. The van der Waals surface area contributed by atoms with Gasteiger partial charge >= 0.3 is 0 Å². The first-order chi connectivity index (χ1) is 12.3. The molecule has 2 aliphatic heterocycles. The molecule has 2 fully saturated rings. The van der Waals surface area contributed by atoms with Gasteiger partial charge in [0, 0.05) is 17.3 Å². The Morgan fingerprint density at radius 3 is 3.16 bits per heavy atom. The van der Waals surface area contributed by atoms with Crippen molar-refractivity contribution in [2.24, 2.45) is 0 Å². The van der Waals surface area contributed by atoms with Crippen molar-refractivity contribution < 1.29 is 13.7 Å². The number of thiophene rings is 1. The van der Waals surface area contributed by atoms with Crippen molar-refractivity contribution in [2.45, 2.75) is 31.4 Å². The molecule has 25 heavy (non-hydrogen) atoms. The Bertz CT molecular complexity index is 909. The smallest absolute Gasteiger partial charge is 0.268 e. The van der Waals surface area contributed by atoms with Gasteiger partial charge in [-0.2, -0.15) is 4.98 Å². The number of aromatic nitrogens is 2. The summed E-state index contributed by atoms with van der Waals surface area (Å²) in [6.45, 7) is 2.68. The lowest BCUT2D eigenvalue weighted by molar-refractivity contribution is -0.0805. The predicted octanol–water partition coefficient (Wildman–Crippen LogP) is 4.02. The Labute approximate surface area is 148 Å². The minimum Gasteiger partial charge on any atom is -0.367 e. The summed E-state index contributed by atoms with van der Waals surface area (Å²) in [6, 6.07) is 7.19. The average molecular weight is 359 g/mol. The fraction of sp³-hybridized carbons (Fsp3) is 0.444. The lowest BCUT2D eigenvalue weighted by Crippen LogP contribution is -2.49. The van der Waals surface area contributed by atoms with Gasteiger partial charge in [0.1, 0.15) is 11.9 Å². The fourth-order valence-electron chi connectivity index (χ4n) is 3.72. The van der Waals surface area contributed by atoms with Crippen molar-refractivity contribution in [3.8, 4) is 10.8 Å². The van der Waals surface area contributed by atoms with Crippen LogP contribution in [0.3, 0.4) is 0 Å². The van der Waals surface area contributed by atoms with Gasteiger partial charge in [0.2, 0.25) is 5.82 Å². The molecule has 0 aliphatic carbocycles. The van der Waals surface area contributed by atoms with Crippen LogP contribution in [0, 0.1) is 5.82 Å². The maximum absolute atomic E-state index is 13.4. The molecule has 0 amide bonds. The maximum atomic E-state index is 13.4. The maximum Gasteiger partial charge on any atom is 0.268 e. The molecule has 5 nitrogen and oxygen atoms in total. The van der Waals surface area contributed by atoms with E-state index in [2.05, 4.69) is 15.0 Å². The number of ether oxygens (including phenoxy) is 1. The van der Waals surface area contributed by atoms with Crippen molar-refractivity contribution >= 4 is 21.4 Å². The van der Waals surface area contributed by atoms with Gasteiger partial charge in [0.05, 0.1) is 11.5 Å². The van der Waals surface area contributed by atoms with E-state index < -0.39 is 0 Å². The molecule has 1 aromatic carbocycles. The molecule has 2 aliphatic rings. The largest absolute Gasteiger partial charge is 0.367 e. The van der Waals surface area contributed by atoms with Gasteiger partial charge in [-0.3, -0.25) is 4.90 Å². The molecule has 0 spiro atoms. The number of morpholine rings is 1. The summed E-state index contributed by atoms with van der Waals surface area (Å²) in [5.74, 6) is 0.832. The van der Waals surface area contributed by atoms with E-state index in [1.165, 1.54) is 42.7 Å². The Morgan fingerprint density at radius 2 is 2.20 bits per heavy atom. The molecule has 130 valence electrons. The molecule has 0 radical (unpaired) electrons. The summed E-state index contributed by atoms with van der Waals surface area (Å²) in [6.07, 6.45) is 3.61. The molecule has 7 heteroatoms. The number of piperidine rings is 1. The zero-order chi connectivity index (χ0) is 16.8. The summed E-state index contributed by atoms with van der Waals surface area (Å²) in [7, 11) is 0. The lowest BCUT2D eigenvalue weighted by atomic mass is 10.0. The van der Waals surface area contributed by atoms with Gasteiger partial charge in [-0.15, -0.1) is 11.3 Å². The van der Waals surface area contributed by atoms with Crippen LogP contribution in [0.4, 0.5) is 4.39 Å². The van der Waals surface area contributed by atoms with Crippen molar-refractivity contribution in [1.29, 1.82) is 0 Å². The van der Waals surface area contributed by atoms with Crippen LogP contribution in [0.2, 0.25) is 0 Å². The number of hydrogen-bond donors (Lipinski definition) is 0. The Morgan fingerprint density at radius 1 is 1.24 bits per heavy atom. The summed E-state index contributed by atoms with van der Waals surface area (Å²) in [4.78, 5) is 7.88. The van der Waals surface area contributed by atoms with E-state index in [9.17, 15) is 4.39 Å². The molecule has 2 atom stereocenters. The zero-order valence-corrected chi connectivity index (χ0v) is 14.5. The van der Waals surface area contributed by atoms with Gasteiger partial charge < -0.3 is 9.26 Å². The van der Waals surface area contributed by atoms with E-state index in [-0.39, 0.29) is 11.9 Å². The van der Waals surface area contributed by atoms with Crippen LogP contribution in [0.5, 0.6) is 0 Å². The predicted molar refractivity (Wildman–Crippen MR) is 93.0 cm³/mol. The molecule has 2 saturated heterocycles. The third kappa shape index (κ3) is 2.86. The minimum absolute atomic E-state index is 0.140. The molecular formula is C18H18FN3O2S. The highest BCUT2D eigenvalue weighted by atomic mass is 32.1. The number of hydrogen-bond acceptors (Lipinski definition) is 6. The van der Waals surface area contributed by atoms with Crippen LogP contribution in [0.1, 0.15) is 31.2 Å². The highest BCUT2D eigenvalue weighted by Gasteiger charge is 2.33. The van der Waals surface area contributed by atoms with Crippen LogP contribution < -0.4 is 0 Å². The topological polar surface area (TPSA) is 51.4 Å². The van der Waals surface area contributed by atoms with Gasteiger partial charge in [-0.25, -0.2) is 4.39 Å². The van der Waals surface area contributed by atoms with Crippen LogP contribution in [-0.2, 0) is 4.74 Å². The van der Waals surface area contributed by atoms with Crippen molar-refractivity contribution in [3.05, 3.63) is 35.9 Å². The van der Waals surface area contributed by atoms with E-state index in [1.807, 2.05) is 6.07 Å². The van der Waals surface area contributed by atoms with Crippen molar-refractivity contribution in [2.75, 3.05) is 19.7 Å². The van der Waals surface area contributed by atoms with Gasteiger partial charge in [-0.1, -0.05) is 11.6 Å². The molecular weight excluding hydrogens is 341 g/mol. The third-order valence-corrected chi connectivity index (χ3v) is 6.16. The molecule has 0 bridgehead atoms. The van der Waals surface area contributed by atoms with E-state index in [1.54, 1.807) is 6.07 Å². The first-order valence-corrected chi connectivity index (χ1v) is 9.47. The molecule has 4 heterocycles. The Kier molecular flexibility index (Phi) is 3.80. The standard InChI is InChI=1S/C18H18FN3O2S/c19-12-4-5-15-11(7-12)8-16(25-15)18-20-17(21-24-18)14-9-22-6-2-1-3-13(22)10-23-14/h4-5,7-8,13-14H,1-3,6,9-10H2. The number of rotatable bonds is 2. The quantitative estimate of drug-likeness (QED) is 0.692. The average Bonchev–Trinajstić information content (AvgIpc) is 3.27. The van der Waals surface area contributed by atoms with Crippen LogP contribution in [-0.4, -0.2) is 40.8 Å². The van der Waals surface area contributed by atoms with E-state index in [0.29, 0.717) is 17.8 Å². The number of fused-ring (bicyclic) bond motifs is 2. The molecule has 5 rings (SSSR count). The summed E-state index contributed by atoms with van der Waals surface area (Å²) < 4.78 is 25.8. The zero-order valence-electron chi connectivity index (χ0n) is 13.7. The van der Waals surface area contributed by atoms with E-state index in [0.717, 1.165) is 34.7 Å². The van der Waals surface area contributed by atoms with Gasteiger partial charge in [0.15, 0.2) is 0 Å². The van der Waals surface area contributed by atoms with Crippen LogP contribution >= 0.6 is 11.3 Å². The second kappa shape index (κ2) is 6.16. The fourth-order valence-corrected chi connectivity index (χ4v) is 4.69. The second-order valence-electron chi connectivity index (χ2n) is 6.72. The highest BCUT2D eigenvalue weighted by Crippen LogP contribution is 2.34. The highest BCUT2D eigenvalue weighted by molar-refractivity contribution is 7.22. The first kappa shape index (κ1) is 15.4. The molecule has 3 aromatic rings. The Hall–Kier alpha value is -1.83. The molecule has 0 saturated carbocycles. The lowest BCUT2D eigenvalue weighted by Gasteiger charge is -2.41. The number of nitrogens with zero attached hydrogens (tertiary/aromatic N) is 3. The number of benzene rings is 1. The monoisotopic (exact) mass is 359 g/mol. The first-order valence-electron chi connectivity index (χ1n) is 8.65. The second-order valence-corrected chi connectivity index (χ2v) is 7.80. The number of halogens is 1. The summed E-state index contributed by atoms with van der Waals surface area (Å²) in [5, 5.41) is 4.99. The van der Waals surface area contributed by atoms with E-state index in [4.69, 9.17) is 9.26 Å². The SMILES string of the molecule is Fc1ccc2sc(-c3nc(C4CN5CCCCC5CO4)no3)cc2c1. The molecule has 2 aromatic heterocycles. The van der Waals surface area contributed by atoms with Gasteiger partial charge in [-0.05, 0) is 49.0 Å². The minimum atomic E-state index is -0.241. The van der Waals surface area contributed by atoms with Crippen molar-refractivity contribution in [3.63, 3.8) is 0 Å². The normalized spacial score (nSPS) is 24.5. The van der Waals surface area contributed by atoms with Crippen molar-refractivity contribution in [1.82, 2.24) is 15.0 Å². The third-order valence-electron chi connectivity index (χ3n) is 5.06. The Balaban J connectivity index is 1.39. The van der Waals surface area contributed by atoms with Crippen LogP contribution in [0.25, 0.3) is 20.9 Å². The van der Waals surface area contributed by atoms with Crippen LogP contribution in [0.15, 0.2) is 28.8 Å². The molecule has 0 N–H and O–H groups in total.